The molecule has 0 amide bonds. The standard InChI is InChI=1S/C16H25N/c1-13(2)17-16(3,15-11-7-8-12-15)14-9-5-4-6-10-14/h4-6,9-10,13,15,17H,7-8,11-12H2,1-3H3. The molecule has 0 spiro atoms. The molecular weight excluding hydrogens is 206 g/mol. The Balaban J connectivity index is 2.29. The topological polar surface area (TPSA) is 12.0 Å². The molecule has 0 aromatic heterocycles. The summed E-state index contributed by atoms with van der Waals surface area (Å²) in [4.78, 5) is 0. The van der Waals surface area contributed by atoms with Gasteiger partial charge in [0.2, 0.25) is 0 Å². The number of hydrogen-bond donors (Lipinski definition) is 1. The molecule has 1 N–H and O–H groups in total. The Morgan fingerprint density at radius 1 is 1.12 bits per heavy atom. The maximum atomic E-state index is 3.81. The SMILES string of the molecule is CC(C)NC(C)(c1ccccc1)C1CCCC1. The summed E-state index contributed by atoms with van der Waals surface area (Å²) in [5.74, 6) is 0.785. The van der Waals surface area contributed by atoms with E-state index < -0.39 is 0 Å². The Morgan fingerprint density at radius 3 is 2.24 bits per heavy atom. The molecule has 94 valence electrons. The van der Waals surface area contributed by atoms with Crippen molar-refractivity contribution in [2.45, 2.75) is 58.0 Å². The third kappa shape index (κ3) is 2.71. The molecule has 17 heavy (non-hydrogen) atoms. The van der Waals surface area contributed by atoms with Gasteiger partial charge >= 0.3 is 0 Å². The van der Waals surface area contributed by atoms with Gasteiger partial charge in [-0.2, -0.15) is 0 Å². The molecule has 0 bridgehead atoms. The van der Waals surface area contributed by atoms with Crippen LogP contribution in [0.1, 0.15) is 52.0 Å². The van der Waals surface area contributed by atoms with E-state index in [0.717, 1.165) is 5.92 Å². The molecule has 1 fully saturated rings. The van der Waals surface area contributed by atoms with Crippen molar-refractivity contribution in [3.63, 3.8) is 0 Å². The van der Waals surface area contributed by atoms with Crippen molar-refractivity contribution in [1.82, 2.24) is 5.32 Å². The second-order valence-electron chi connectivity index (χ2n) is 5.85. The largest absolute Gasteiger partial charge is 0.305 e. The fraction of sp³-hybridized carbons (Fsp3) is 0.625. The van der Waals surface area contributed by atoms with Gasteiger partial charge in [0.25, 0.3) is 0 Å². The molecule has 0 radical (unpaired) electrons. The third-order valence-corrected chi connectivity index (χ3v) is 4.13. The monoisotopic (exact) mass is 231 g/mol. The van der Waals surface area contributed by atoms with Crippen LogP contribution in [0.2, 0.25) is 0 Å². The van der Waals surface area contributed by atoms with Crippen LogP contribution in [0.25, 0.3) is 0 Å². The zero-order valence-corrected chi connectivity index (χ0v) is 11.4. The lowest BCUT2D eigenvalue weighted by Crippen LogP contribution is -2.48. The minimum Gasteiger partial charge on any atom is -0.305 e. The highest BCUT2D eigenvalue weighted by atomic mass is 15.0. The maximum Gasteiger partial charge on any atom is 0.0436 e. The fourth-order valence-electron chi connectivity index (χ4n) is 3.32. The van der Waals surface area contributed by atoms with Crippen LogP contribution >= 0.6 is 0 Å². The molecule has 0 heterocycles. The molecule has 1 heteroatoms. The summed E-state index contributed by atoms with van der Waals surface area (Å²) >= 11 is 0. The second-order valence-corrected chi connectivity index (χ2v) is 5.85. The van der Waals surface area contributed by atoms with Crippen molar-refractivity contribution < 1.29 is 0 Å². The summed E-state index contributed by atoms with van der Waals surface area (Å²) in [6.07, 6.45) is 5.52. The molecule has 1 atom stereocenters. The van der Waals surface area contributed by atoms with Gasteiger partial charge in [0.05, 0.1) is 0 Å². The van der Waals surface area contributed by atoms with Gasteiger partial charge < -0.3 is 5.32 Å². The van der Waals surface area contributed by atoms with Crippen LogP contribution in [0.5, 0.6) is 0 Å². The van der Waals surface area contributed by atoms with Crippen molar-refractivity contribution in [2.75, 3.05) is 0 Å². The van der Waals surface area contributed by atoms with Crippen LogP contribution in [-0.2, 0) is 5.54 Å². The van der Waals surface area contributed by atoms with Crippen molar-refractivity contribution in [1.29, 1.82) is 0 Å². The van der Waals surface area contributed by atoms with Gasteiger partial charge in [-0.15, -0.1) is 0 Å². The van der Waals surface area contributed by atoms with Crippen molar-refractivity contribution in [3.05, 3.63) is 35.9 Å². The van der Waals surface area contributed by atoms with Gasteiger partial charge in [-0.25, -0.2) is 0 Å². The van der Waals surface area contributed by atoms with E-state index in [2.05, 4.69) is 56.4 Å². The van der Waals surface area contributed by atoms with Crippen LogP contribution < -0.4 is 5.32 Å². The molecule has 1 aliphatic rings. The number of benzene rings is 1. The fourth-order valence-corrected chi connectivity index (χ4v) is 3.32. The minimum atomic E-state index is 0.145. The van der Waals surface area contributed by atoms with Gasteiger partial charge in [-0.3, -0.25) is 0 Å². The van der Waals surface area contributed by atoms with Gasteiger partial charge in [0, 0.05) is 11.6 Å². The van der Waals surface area contributed by atoms with Crippen LogP contribution in [0.4, 0.5) is 0 Å². The van der Waals surface area contributed by atoms with E-state index in [4.69, 9.17) is 0 Å². The summed E-state index contributed by atoms with van der Waals surface area (Å²) in [5.41, 5.74) is 1.59. The number of hydrogen-bond acceptors (Lipinski definition) is 1. The van der Waals surface area contributed by atoms with Crippen LogP contribution in [0.3, 0.4) is 0 Å². The van der Waals surface area contributed by atoms with E-state index in [9.17, 15) is 0 Å². The minimum absolute atomic E-state index is 0.145. The molecule has 1 nitrogen and oxygen atoms in total. The Kier molecular flexibility index (Phi) is 3.88. The smallest absolute Gasteiger partial charge is 0.0436 e. The van der Waals surface area contributed by atoms with Gasteiger partial charge in [0.1, 0.15) is 0 Å². The Labute approximate surface area is 106 Å². The van der Waals surface area contributed by atoms with E-state index in [0.29, 0.717) is 6.04 Å². The zero-order chi connectivity index (χ0) is 12.3. The van der Waals surface area contributed by atoms with Gasteiger partial charge in [-0.05, 0) is 31.2 Å². The summed E-state index contributed by atoms with van der Waals surface area (Å²) in [5, 5.41) is 3.81. The molecule has 1 aromatic rings. The van der Waals surface area contributed by atoms with E-state index in [-0.39, 0.29) is 5.54 Å². The van der Waals surface area contributed by atoms with Gasteiger partial charge in [0.15, 0.2) is 0 Å². The lowest BCUT2D eigenvalue weighted by atomic mass is 9.78. The van der Waals surface area contributed by atoms with Gasteiger partial charge in [-0.1, -0.05) is 57.0 Å². The highest BCUT2D eigenvalue weighted by molar-refractivity contribution is 5.25. The lowest BCUT2D eigenvalue weighted by Gasteiger charge is -2.39. The summed E-state index contributed by atoms with van der Waals surface area (Å²) in [7, 11) is 0. The number of nitrogens with one attached hydrogen (secondary N) is 1. The normalized spacial score (nSPS) is 20.7. The van der Waals surface area contributed by atoms with E-state index in [1.165, 1.54) is 31.2 Å². The van der Waals surface area contributed by atoms with Crippen molar-refractivity contribution in [2.24, 2.45) is 5.92 Å². The highest BCUT2D eigenvalue weighted by Crippen LogP contribution is 2.40. The molecule has 1 unspecified atom stereocenters. The molecule has 2 rings (SSSR count). The van der Waals surface area contributed by atoms with Crippen molar-refractivity contribution >= 4 is 0 Å². The van der Waals surface area contributed by atoms with Crippen LogP contribution in [0, 0.1) is 5.92 Å². The molecular formula is C16H25N. The molecule has 0 saturated heterocycles. The van der Waals surface area contributed by atoms with E-state index in [1.54, 1.807) is 0 Å². The first kappa shape index (κ1) is 12.6. The highest BCUT2D eigenvalue weighted by Gasteiger charge is 2.37. The molecule has 0 aliphatic heterocycles. The summed E-state index contributed by atoms with van der Waals surface area (Å²) in [6, 6.07) is 11.5. The Hall–Kier alpha value is -0.820. The quantitative estimate of drug-likeness (QED) is 0.823. The predicted octanol–water partition coefficient (Wildman–Crippen LogP) is 4.09. The molecule has 1 aliphatic carbocycles. The third-order valence-electron chi connectivity index (χ3n) is 4.13. The van der Waals surface area contributed by atoms with Crippen LogP contribution in [-0.4, -0.2) is 6.04 Å². The molecule has 1 saturated carbocycles. The maximum absolute atomic E-state index is 3.81. The second kappa shape index (κ2) is 5.22. The summed E-state index contributed by atoms with van der Waals surface area (Å²) < 4.78 is 0. The Morgan fingerprint density at radius 2 is 1.71 bits per heavy atom. The first-order valence-corrected chi connectivity index (χ1v) is 6.96. The summed E-state index contributed by atoms with van der Waals surface area (Å²) in [6.45, 7) is 6.88. The zero-order valence-electron chi connectivity index (χ0n) is 11.4. The molecule has 1 aromatic carbocycles. The predicted molar refractivity (Wildman–Crippen MR) is 74.0 cm³/mol. The average molecular weight is 231 g/mol. The first-order chi connectivity index (χ1) is 8.13. The average Bonchev–Trinajstić information content (AvgIpc) is 2.83. The van der Waals surface area contributed by atoms with Crippen molar-refractivity contribution in [3.8, 4) is 0 Å². The first-order valence-electron chi connectivity index (χ1n) is 6.96. The van der Waals surface area contributed by atoms with E-state index >= 15 is 0 Å². The van der Waals surface area contributed by atoms with Crippen LogP contribution in [0.15, 0.2) is 30.3 Å². The lowest BCUT2D eigenvalue weighted by molar-refractivity contribution is 0.217. The Bertz CT molecular complexity index is 338. The number of rotatable bonds is 4. The van der Waals surface area contributed by atoms with E-state index in [1.807, 2.05) is 0 Å².